The van der Waals surface area contributed by atoms with Gasteiger partial charge in [0.15, 0.2) is 0 Å². The van der Waals surface area contributed by atoms with E-state index in [1.807, 2.05) is 0 Å². The van der Waals surface area contributed by atoms with Gasteiger partial charge >= 0.3 is 0 Å². The van der Waals surface area contributed by atoms with E-state index in [0.717, 1.165) is 5.75 Å². The van der Waals surface area contributed by atoms with Crippen LogP contribution in [0, 0.1) is 0 Å². The third kappa shape index (κ3) is 2.78. The van der Waals surface area contributed by atoms with E-state index >= 15 is 0 Å². The van der Waals surface area contributed by atoms with Gasteiger partial charge in [-0.15, -0.1) is 0 Å². The summed E-state index contributed by atoms with van der Waals surface area (Å²) in [5.41, 5.74) is 6.48. The van der Waals surface area contributed by atoms with E-state index in [1.54, 1.807) is 31.4 Å². The molecule has 1 amide bonds. The van der Waals surface area contributed by atoms with E-state index in [9.17, 15) is 4.79 Å². The van der Waals surface area contributed by atoms with Gasteiger partial charge in [-0.1, -0.05) is 5.16 Å². The lowest BCUT2D eigenvalue weighted by atomic mass is 10.1. The van der Waals surface area contributed by atoms with Crippen molar-refractivity contribution < 1.29 is 14.4 Å². The lowest BCUT2D eigenvalue weighted by Gasteiger charge is -2.05. The average Bonchev–Trinajstić information content (AvgIpc) is 2.88. The Morgan fingerprint density at radius 3 is 2.83 bits per heavy atom. The Morgan fingerprint density at radius 2 is 2.28 bits per heavy atom. The number of rotatable bonds is 4. The van der Waals surface area contributed by atoms with E-state index in [4.69, 9.17) is 15.3 Å². The molecule has 1 unspecified atom stereocenters. The second-order valence-corrected chi connectivity index (χ2v) is 3.89. The standard InChI is InChI=1S/C12H15N3O3/c1-17-9-4-2-8(3-5-9)14-12(16)11-6-10(7-13)18-15-11/h2-5,10H,6-7,13H2,1H3,(H,14,16). The zero-order valence-electron chi connectivity index (χ0n) is 10.1. The van der Waals surface area contributed by atoms with Gasteiger partial charge in [-0.3, -0.25) is 4.79 Å². The predicted molar refractivity (Wildman–Crippen MR) is 67.6 cm³/mol. The van der Waals surface area contributed by atoms with Crippen LogP contribution in [-0.2, 0) is 9.63 Å². The summed E-state index contributed by atoms with van der Waals surface area (Å²) in [7, 11) is 1.59. The molecule has 1 aliphatic heterocycles. The lowest BCUT2D eigenvalue weighted by molar-refractivity contribution is -0.110. The van der Waals surface area contributed by atoms with Crippen molar-refractivity contribution in [3.8, 4) is 5.75 Å². The van der Waals surface area contributed by atoms with Gasteiger partial charge in [0.05, 0.1) is 7.11 Å². The third-order valence-corrected chi connectivity index (χ3v) is 2.61. The number of ether oxygens (including phenoxy) is 1. The van der Waals surface area contributed by atoms with Crippen LogP contribution in [0.25, 0.3) is 0 Å². The van der Waals surface area contributed by atoms with Crippen LogP contribution in [0.5, 0.6) is 5.75 Å². The number of carbonyl (C=O) groups is 1. The van der Waals surface area contributed by atoms with Gasteiger partial charge in [-0.25, -0.2) is 0 Å². The maximum Gasteiger partial charge on any atom is 0.273 e. The summed E-state index contributed by atoms with van der Waals surface area (Å²) >= 11 is 0. The van der Waals surface area contributed by atoms with Crippen molar-refractivity contribution in [2.24, 2.45) is 10.9 Å². The van der Waals surface area contributed by atoms with Crippen LogP contribution in [0.15, 0.2) is 29.4 Å². The zero-order chi connectivity index (χ0) is 13.0. The van der Waals surface area contributed by atoms with Crippen molar-refractivity contribution in [2.75, 3.05) is 19.0 Å². The van der Waals surface area contributed by atoms with Crippen molar-refractivity contribution in [2.45, 2.75) is 12.5 Å². The van der Waals surface area contributed by atoms with Crippen molar-refractivity contribution in [1.29, 1.82) is 0 Å². The topological polar surface area (TPSA) is 85.9 Å². The quantitative estimate of drug-likeness (QED) is 0.824. The van der Waals surface area contributed by atoms with Crippen LogP contribution >= 0.6 is 0 Å². The van der Waals surface area contributed by atoms with E-state index in [1.165, 1.54) is 0 Å². The lowest BCUT2D eigenvalue weighted by Crippen LogP contribution is -2.25. The minimum absolute atomic E-state index is 0.193. The molecule has 1 aromatic rings. The number of benzene rings is 1. The number of methoxy groups -OCH3 is 1. The highest BCUT2D eigenvalue weighted by Crippen LogP contribution is 2.16. The van der Waals surface area contributed by atoms with Crippen LogP contribution in [0.2, 0.25) is 0 Å². The summed E-state index contributed by atoms with van der Waals surface area (Å²) in [6, 6.07) is 7.05. The molecule has 0 radical (unpaired) electrons. The highest BCUT2D eigenvalue weighted by molar-refractivity contribution is 6.43. The molecule has 0 saturated carbocycles. The second-order valence-electron chi connectivity index (χ2n) is 3.89. The molecule has 3 N–H and O–H groups in total. The van der Waals surface area contributed by atoms with Gasteiger partial charge in [0.2, 0.25) is 0 Å². The predicted octanol–water partition coefficient (Wildman–Crippen LogP) is 0.737. The third-order valence-electron chi connectivity index (χ3n) is 2.61. The number of carbonyl (C=O) groups excluding carboxylic acids is 1. The summed E-state index contributed by atoms with van der Waals surface area (Å²) in [5.74, 6) is 0.467. The van der Waals surface area contributed by atoms with Crippen LogP contribution < -0.4 is 15.8 Å². The molecule has 1 aliphatic rings. The average molecular weight is 249 g/mol. The van der Waals surface area contributed by atoms with Gasteiger partial charge in [-0.05, 0) is 24.3 Å². The molecule has 2 rings (SSSR count). The summed E-state index contributed by atoms with van der Waals surface area (Å²) in [4.78, 5) is 16.8. The Balaban J connectivity index is 1.95. The molecule has 6 heteroatoms. The van der Waals surface area contributed by atoms with Gasteiger partial charge in [0, 0.05) is 18.7 Å². The molecule has 96 valence electrons. The molecule has 1 aromatic carbocycles. The Morgan fingerprint density at radius 1 is 1.56 bits per heavy atom. The first-order chi connectivity index (χ1) is 8.72. The van der Waals surface area contributed by atoms with Gasteiger partial charge in [0.25, 0.3) is 5.91 Å². The molecule has 18 heavy (non-hydrogen) atoms. The fraction of sp³-hybridized carbons (Fsp3) is 0.333. The first-order valence-corrected chi connectivity index (χ1v) is 5.61. The van der Waals surface area contributed by atoms with E-state index in [0.29, 0.717) is 24.4 Å². The van der Waals surface area contributed by atoms with E-state index in [2.05, 4.69) is 10.5 Å². The Hall–Kier alpha value is -2.08. The van der Waals surface area contributed by atoms with Gasteiger partial charge in [0.1, 0.15) is 17.6 Å². The molecule has 0 bridgehead atoms. The maximum absolute atomic E-state index is 11.8. The molecule has 0 spiro atoms. The van der Waals surface area contributed by atoms with E-state index in [-0.39, 0.29) is 12.0 Å². The fourth-order valence-electron chi connectivity index (χ4n) is 1.57. The normalized spacial score (nSPS) is 17.9. The zero-order valence-corrected chi connectivity index (χ0v) is 10.1. The Kier molecular flexibility index (Phi) is 3.78. The highest BCUT2D eigenvalue weighted by Gasteiger charge is 2.24. The van der Waals surface area contributed by atoms with Crippen LogP contribution in [-0.4, -0.2) is 31.4 Å². The summed E-state index contributed by atoms with van der Waals surface area (Å²) in [6.07, 6.45) is 0.250. The van der Waals surface area contributed by atoms with Crippen LogP contribution in [0.1, 0.15) is 6.42 Å². The number of anilines is 1. The number of nitrogens with one attached hydrogen (secondary N) is 1. The monoisotopic (exact) mass is 249 g/mol. The summed E-state index contributed by atoms with van der Waals surface area (Å²) < 4.78 is 5.03. The van der Waals surface area contributed by atoms with Crippen molar-refractivity contribution in [3.05, 3.63) is 24.3 Å². The number of hydrogen-bond acceptors (Lipinski definition) is 5. The van der Waals surface area contributed by atoms with Crippen LogP contribution in [0.4, 0.5) is 5.69 Å². The second kappa shape index (κ2) is 5.50. The van der Waals surface area contributed by atoms with Crippen molar-refractivity contribution in [1.82, 2.24) is 0 Å². The first-order valence-electron chi connectivity index (χ1n) is 5.61. The van der Waals surface area contributed by atoms with Crippen molar-refractivity contribution >= 4 is 17.3 Å². The fourth-order valence-corrected chi connectivity index (χ4v) is 1.57. The first kappa shape index (κ1) is 12.4. The molecular weight excluding hydrogens is 234 g/mol. The molecule has 6 nitrogen and oxygen atoms in total. The highest BCUT2D eigenvalue weighted by atomic mass is 16.6. The van der Waals surface area contributed by atoms with Gasteiger partial charge < -0.3 is 20.6 Å². The minimum Gasteiger partial charge on any atom is -0.497 e. The molecule has 1 atom stereocenters. The summed E-state index contributed by atoms with van der Waals surface area (Å²) in [6.45, 7) is 0.350. The molecule has 1 heterocycles. The molecule has 0 saturated heterocycles. The molecule has 0 fully saturated rings. The maximum atomic E-state index is 11.8. The summed E-state index contributed by atoms with van der Waals surface area (Å²) in [5, 5.41) is 6.45. The molecular formula is C12H15N3O3. The number of hydrogen-bond donors (Lipinski definition) is 2. The number of nitrogens with two attached hydrogens (primary N) is 1. The molecule has 0 aromatic heterocycles. The number of oxime groups is 1. The van der Waals surface area contributed by atoms with Crippen molar-refractivity contribution in [3.63, 3.8) is 0 Å². The SMILES string of the molecule is COc1ccc(NC(=O)C2=NOC(CN)C2)cc1. The van der Waals surface area contributed by atoms with E-state index < -0.39 is 0 Å². The van der Waals surface area contributed by atoms with Crippen LogP contribution in [0.3, 0.4) is 0 Å². The number of nitrogens with zero attached hydrogens (tertiary/aromatic N) is 1. The Bertz CT molecular complexity index is 456. The minimum atomic E-state index is -0.267. The molecule has 0 aliphatic carbocycles. The number of amides is 1. The largest absolute Gasteiger partial charge is 0.497 e. The smallest absolute Gasteiger partial charge is 0.273 e. The Labute approximate surface area is 105 Å². The van der Waals surface area contributed by atoms with Gasteiger partial charge in [-0.2, -0.15) is 0 Å².